The average Bonchev–Trinajstić information content (AvgIpc) is 3.05. The highest BCUT2D eigenvalue weighted by Crippen LogP contribution is 2.42. The van der Waals surface area contributed by atoms with Gasteiger partial charge in [-0.1, -0.05) is 128 Å². The first-order chi connectivity index (χ1) is 21.1. The molecule has 1 aromatic carbocycles. The van der Waals surface area contributed by atoms with Crippen LogP contribution >= 0.6 is 0 Å². The number of carbonyl (C=O) groups excluding carboxylic acids is 1. The van der Waals surface area contributed by atoms with Gasteiger partial charge in [0, 0.05) is 6.42 Å². The van der Waals surface area contributed by atoms with Crippen LogP contribution in [0.2, 0.25) is 0 Å². The van der Waals surface area contributed by atoms with E-state index in [2.05, 4.69) is 38.1 Å². The highest BCUT2D eigenvalue weighted by Gasteiger charge is 2.32. The van der Waals surface area contributed by atoms with Crippen LogP contribution in [-0.2, 0) is 20.7 Å². The van der Waals surface area contributed by atoms with Gasteiger partial charge in [-0.3, -0.25) is 4.79 Å². The molecule has 2 saturated carbocycles. The normalized spacial score (nSPS) is 23.2. The zero-order chi connectivity index (χ0) is 30.5. The van der Waals surface area contributed by atoms with E-state index in [4.69, 9.17) is 9.47 Å². The number of esters is 1. The lowest BCUT2D eigenvalue weighted by molar-refractivity contribution is -0.140. The molecule has 1 aromatic rings. The van der Waals surface area contributed by atoms with Crippen LogP contribution in [-0.4, -0.2) is 19.2 Å². The number of hydrogen-bond donors (Lipinski definition) is 0. The summed E-state index contributed by atoms with van der Waals surface area (Å²) < 4.78 is 11.7. The molecule has 1 atom stereocenters. The zero-order valence-electron chi connectivity index (χ0n) is 28.6. The van der Waals surface area contributed by atoms with Crippen molar-refractivity contribution in [3.05, 3.63) is 35.4 Å². The van der Waals surface area contributed by atoms with Crippen molar-refractivity contribution in [2.45, 2.75) is 187 Å². The molecule has 3 rings (SSSR count). The number of rotatable bonds is 22. The molecular formula is C40H68O3. The van der Waals surface area contributed by atoms with E-state index in [1.807, 2.05) is 0 Å². The number of carbonyl (C=O) groups is 1. The van der Waals surface area contributed by atoms with Crippen LogP contribution in [0.25, 0.3) is 0 Å². The van der Waals surface area contributed by atoms with Gasteiger partial charge in [0.2, 0.25) is 0 Å². The van der Waals surface area contributed by atoms with E-state index >= 15 is 0 Å². The van der Waals surface area contributed by atoms with E-state index in [1.54, 1.807) is 0 Å². The van der Waals surface area contributed by atoms with Crippen LogP contribution in [0.1, 0.15) is 185 Å². The van der Waals surface area contributed by atoms with Crippen molar-refractivity contribution >= 4 is 5.97 Å². The molecular weight excluding hydrogens is 528 g/mol. The van der Waals surface area contributed by atoms with Gasteiger partial charge < -0.3 is 9.47 Å². The van der Waals surface area contributed by atoms with Crippen molar-refractivity contribution in [1.82, 2.24) is 0 Å². The standard InChI is InChI=1S/C40H68O3/c1-4-6-8-11-14-18-34-23-27-37(28-24-34)39(19-15-12-9-10-13-16-20-40(41)42-3)43-38-31-29-36(30-32-38)35-25-21-33(22-26-35)17-7-5-2/h23-24,27-28,33,35-36,38-39H,4-22,25-26,29-32H2,1-3H3. The number of aryl methyl sites for hydroxylation is 1. The van der Waals surface area contributed by atoms with E-state index in [-0.39, 0.29) is 12.1 Å². The molecule has 0 N–H and O–H groups in total. The minimum atomic E-state index is -0.0775. The molecule has 2 aliphatic rings. The lowest BCUT2D eigenvalue weighted by atomic mass is 9.70. The molecule has 246 valence electrons. The maximum Gasteiger partial charge on any atom is 0.305 e. The molecule has 1 unspecified atom stereocenters. The Bertz CT molecular complexity index is 817. The predicted octanol–water partition coefficient (Wildman–Crippen LogP) is 12.1. The maximum absolute atomic E-state index is 11.3. The summed E-state index contributed by atoms with van der Waals surface area (Å²) in [6.45, 7) is 4.62. The van der Waals surface area contributed by atoms with E-state index in [0.717, 1.165) is 37.0 Å². The SMILES string of the molecule is CCCCCCCc1ccc(C(CCCCCCCCC(=O)OC)OC2CCC(C3CCC(CCCC)CC3)CC2)cc1. The van der Waals surface area contributed by atoms with Crippen LogP contribution in [0.5, 0.6) is 0 Å². The largest absolute Gasteiger partial charge is 0.469 e. The highest BCUT2D eigenvalue weighted by atomic mass is 16.5. The number of unbranched alkanes of at least 4 members (excludes halogenated alkanes) is 10. The van der Waals surface area contributed by atoms with Gasteiger partial charge in [0.05, 0.1) is 19.3 Å². The fraction of sp³-hybridized carbons (Fsp3) is 0.825. The summed E-state index contributed by atoms with van der Waals surface area (Å²) in [6.07, 6.45) is 32.7. The Morgan fingerprint density at radius 3 is 1.93 bits per heavy atom. The fourth-order valence-electron chi connectivity index (χ4n) is 7.92. The molecule has 0 spiro atoms. The van der Waals surface area contributed by atoms with Crippen LogP contribution < -0.4 is 0 Å². The Balaban J connectivity index is 1.44. The van der Waals surface area contributed by atoms with Crippen molar-refractivity contribution in [1.29, 1.82) is 0 Å². The third-order valence-corrected chi connectivity index (χ3v) is 10.8. The van der Waals surface area contributed by atoms with Gasteiger partial charge in [0.25, 0.3) is 0 Å². The second-order valence-electron chi connectivity index (χ2n) is 14.2. The fourth-order valence-corrected chi connectivity index (χ4v) is 7.92. The predicted molar refractivity (Wildman–Crippen MR) is 182 cm³/mol. The molecule has 0 amide bonds. The van der Waals surface area contributed by atoms with E-state index < -0.39 is 0 Å². The zero-order valence-corrected chi connectivity index (χ0v) is 28.6. The summed E-state index contributed by atoms with van der Waals surface area (Å²) in [5, 5.41) is 0. The average molecular weight is 597 g/mol. The molecule has 0 bridgehead atoms. The Hall–Kier alpha value is -1.35. The lowest BCUT2D eigenvalue weighted by Crippen LogP contribution is -2.29. The van der Waals surface area contributed by atoms with Crippen molar-refractivity contribution < 1.29 is 14.3 Å². The van der Waals surface area contributed by atoms with Crippen LogP contribution in [0, 0.1) is 17.8 Å². The lowest BCUT2D eigenvalue weighted by Gasteiger charge is -2.38. The molecule has 0 radical (unpaired) electrons. The monoisotopic (exact) mass is 597 g/mol. The molecule has 2 aliphatic carbocycles. The molecule has 0 aliphatic heterocycles. The van der Waals surface area contributed by atoms with Gasteiger partial charge in [-0.15, -0.1) is 0 Å². The molecule has 0 saturated heterocycles. The summed E-state index contributed by atoms with van der Waals surface area (Å²) in [5.74, 6) is 2.87. The van der Waals surface area contributed by atoms with Crippen molar-refractivity contribution in [2.24, 2.45) is 17.8 Å². The summed E-state index contributed by atoms with van der Waals surface area (Å²) in [6, 6.07) is 9.50. The first-order valence-corrected chi connectivity index (χ1v) is 18.9. The molecule has 3 heteroatoms. The Labute approximate surface area is 266 Å². The Morgan fingerprint density at radius 1 is 0.698 bits per heavy atom. The first kappa shape index (κ1) is 36.1. The summed E-state index contributed by atoms with van der Waals surface area (Å²) in [5.41, 5.74) is 2.87. The molecule has 0 heterocycles. The second-order valence-corrected chi connectivity index (χ2v) is 14.2. The maximum atomic E-state index is 11.3. The van der Waals surface area contributed by atoms with Crippen molar-refractivity contribution in [2.75, 3.05) is 7.11 Å². The third kappa shape index (κ3) is 14.5. The number of methoxy groups -OCH3 is 1. The van der Waals surface area contributed by atoms with Gasteiger partial charge in [-0.05, 0) is 93.1 Å². The minimum absolute atomic E-state index is 0.0775. The minimum Gasteiger partial charge on any atom is -0.469 e. The molecule has 43 heavy (non-hydrogen) atoms. The molecule has 2 fully saturated rings. The Kier molecular flexibility index (Phi) is 18.7. The van der Waals surface area contributed by atoms with Gasteiger partial charge in [0.15, 0.2) is 0 Å². The van der Waals surface area contributed by atoms with Gasteiger partial charge in [-0.25, -0.2) is 0 Å². The topological polar surface area (TPSA) is 35.5 Å². The summed E-state index contributed by atoms with van der Waals surface area (Å²) in [4.78, 5) is 11.3. The van der Waals surface area contributed by atoms with E-state index in [9.17, 15) is 4.79 Å². The smallest absolute Gasteiger partial charge is 0.305 e. The van der Waals surface area contributed by atoms with E-state index in [1.165, 1.54) is 153 Å². The quantitative estimate of drug-likeness (QED) is 0.0986. The van der Waals surface area contributed by atoms with Crippen LogP contribution in [0.4, 0.5) is 0 Å². The van der Waals surface area contributed by atoms with E-state index in [0.29, 0.717) is 12.5 Å². The van der Waals surface area contributed by atoms with Gasteiger partial charge >= 0.3 is 5.97 Å². The van der Waals surface area contributed by atoms with Gasteiger partial charge in [-0.2, -0.15) is 0 Å². The first-order valence-electron chi connectivity index (χ1n) is 18.9. The summed E-state index contributed by atoms with van der Waals surface area (Å²) in [7, 11) is 1.48. The molecule has 0 aromatic heterocycles. The molecule has 3 nitrogen and oxygen atoms in total. The van der Waals surface area contributed by atoms with Crippen LogP contribution in [0.3, 0.4) is 0 Å². The van der Waals surface area contributed by atoms with Crippen LogP contribution in [0.15, 0.2) is 24.3 Å². The number of hydrogen-bond acceptors (Lipinski definition) is 3. The summed E-state index contributed by atoms with van der Waals surface area (Å²) >= 11 is 0. The highest BCUT2D eigenvalue weighted by molar-refractivity contribution is 5.68. The number of ether oxygens (including phenoxy) is 2. The number of benzene rings is 1. The Morgan fingerprint density at radius 2 is 1.28 bits per heavy atom. The van der Waals surface area contributed by atoms with Crippen molar-refractivity contribution in [3.8, 4) is 0 Å². The van der Waals surface area contributed by atoms with Gasteiger partial charge in [0.1, 0.15) is 0 Å². The third-order valence-electron chi connectivity index (χ3n) is 10.8. The van der Waals surface area contributed by atoms with Crippen molar-refractivity contribution in [3.63, 3.8) is 0 Å². The second kappa shape index (κ2) is 22.2.